The summed E-state index contributed by atoms with van der Waals surface area (Å²) < 4.78 is 15.0. The highest BCUT2D eigenvalue weighted by Gasteiger charge is 2.08. The Morgan fingerprint density at radius 3 is 3.15 bits per heavy atom. The van der Waals surface area contributed by atoms with Crippen molar-refractivity contribution in [2.45, 2.75) is 13.2 Å². The first-order chi connectivity index (χ1) is 9.78. The van der Waals surface area contributed by atoms with Crippen molar-refractivity contribution < 1.29 is 18.8 Å². The van der Waals surface area contributed by atoms with Crippen molar-refractivity contribution in [3.63, 3.8) is 0 Å². The van der Waals surface area contributed by atoms with E-state index >= 15 is 0 Å². The van der Waals surface area contributed by atoms with Gasteiger partial charge in [0.1, 0.15) is 12.4 Å². The maximum absolute atomic E-state index is 11.6. The monoisotopic (exact) mass is 278 g/mol. The molecule has 0 aliphatic heterocycles. The number of carbonyl (C=O) groups excluding carboxylic acids is 1. The van der Waals surface area contributed by atoms with Crippen LogP contribution in [0.3, 0.4) is 0 Å². The van der Waals surface area contributed by atoms with E-state index in [1.807, 2.05) is 0 Å². The molecule has 0 bridgehead atoms. The van der Waals surface area contributed by atoms with Crippen molar-refractivity contribution in [1.29, 1.82) is 0 Å². The second kappa shape index (κ2) is 7.19. The largest absolute Gasteiger partial charge is 0.482 e. The van der Waals surface area contributed by atoms with Gasteiger partial charge in [-0.1, -0.05) is 5.16 Å². The second-order valence-electron chi connectivity index (χ2n) is 3.79. The molecule has 1 amide bonds. The number of rotatable bonds is 7. The summed E-state index contributed by atoms with van der Waals surface area (Å²) in [5.74, 6) is 0.985. The number of hydrogen-bond acceptors (Lipinski definition) is 7. The van der Waals surface area contributed by atoms with Crippen molar-refractivity contribution in [3.8, 4) is 5.75 Å². The van der Waals surface area contributed by atoms with E-state index in [1.165, 1.54) is 13.3 Å². The molecule has 2 aromatic heterocycles. The summed E-state index contributed by atoms with van der Waals surface area (Å²) in [5, 5.41) is 6.28. The van der Waals surface area contributed by atoms with Crippen LogP contribution >= 0.6 is 0 Å². The third-order valence-electron chi connectivity index (χ3n) is 2.22. The third-order valence-corrected chi connectivity index (χ3v) is 2.22. The molecule has 0 aliphatic carbocycles. The molecular weight excluding hydrogens is 264 g/mol. The molecule has 8 nitrogen and oxygen atoms in total. The van der Waals surface area contributed by atoms with E-state index in [-0.39, 0.29) is 25.7 Å². The van der Waals surface area contributed by atoms with Gasteiger partial charge in [0.25, 0.3) is 5.91 Å². The first kappa shape index (κ1) is 13.9. The SMILES string of the molecule is COCc1noc(CNC(=O)COc2cccnc2)n1. The number of nitrogens with zero attached hydrogens (tertiary/aromatic N) is 3. The zero-order valence-corrected chi connectivity index (χ0v) is 10.9. The highest BCUT2D eigenvalue weighted by molar-refractivity contribution is 5.77. The van der Waals surface area contributed by atoms with Crippen LogP contribution in [-0.2, 0) is 22.7 Å². The topological polar surface area (TPSA) is 99.4 Å². The van der Waals surface area contributed by atoms with E-state index in [0.717, 1.165) is 0 Å². The quantitative estimate of drug-likeness (QED) is 0.777. The number of methoxy groups -OCH3 is 1. The van der Waals surface area contributed by atoms with E-state index in [9.17, 15) is 4.79 Å². The highest BCUT2D eigenvalue weighted by Crippen LogP contribution is 2.05. The average Bonchev–Trinajstić information content (AvgIpc) is 2.92. The lowest BCUT2D eigenvalue weighted by Crippen LogP contribution is -2.28. The molecule has 0 saturated heterocycles. The standard InChI is InChI=1S/C12H14N4O4/c1-18-7-10-15-12(20-16-10)6-14-11(17)8-19-9-3-2-4-13-5-9/h2-5H,6-8H2,1H3,(H,14,17). The van der Waals surface area contributed by atoms with Gasteiger partial charge in [-0.2, -0.15) is 4.98 Å². The van der Waals surface area contributed by atoms with Gasteiger partial charge in [-0.3, -0.25) is 9.78 Å². The highest BCUT2D eigenvalue weighted by atomic mass is 16.5. The van der Waals surface area contributed by atoms with Gasteiger partial charge in [0.2, 0.25) is 5.89 Å². The lowest BCUT2D eigenvalue weighted by Gasteiger charge is -2.05. The van der Waals surface area contributed by atoms with Gasteiger partial charge in [0.15, 0.2) is 12.4 Å². The molecule has 8 heteroatoms. The van der Waals surface area contributed by atoms with Gasteiger partial charge in [-0.05, 0) is 12.1 Å². The lowest BCUT2D eigenvalue weighted by molar-refractivity contribution is -0.123. The second-order valence-corrected chi connectivity index (χ2v) is 3.79. The Labute approximate surface area is 115 Å². The summed E-state index contributed by atoms with van der Waals surface area (Å²) in [6.45, 7) is 0.304. The zero-order chi connectivity index (χ0) is 14.2. The molecule has 0 aromatic carbocycles. The molecule has 106 valence electrons. The molecule has 0 fully saturated rings. The van der Waals surface area contributed by atoms with E-state index < -0.39 is 0 Å². The fraction of sp³-hybridized carbons (Fsp3) is 0.333. The van der Waals surface area contributed by atoms with E-state index in [1.54, 1.807) is 18.3 Å². The lowest BCUT2D eigenvalue weighted by atomic mass is 10.4. The molecule has 0 saturated carbocycles. The Bertz CT molecular complexity index is 543. The smallest absolute Gasteiger partial charge is 0.258 e. The number of nitrogens with one attached hydrogen (secondary N) is 1. The molecule has 20 heavy (non-hydrogen) atoms. The summed E-state index contributed by atoms with van der Waals surface area (Å²) >= 11 is 0. The summed E-state index contributed by atoms with van der Waals surface area (Å²) in [6.07, 6.45) is 3.16. The Hall–Kier alpha value is -2.48. The Morgan fingerprint density at radius 1 is 1.50 bits per heavy atom. The Balaban J connectivity index is 1.71. The summed E-state index contributed by atoms with van der Waals surface area (Å²) in [6, 6.07) is 3.44. The van der Waals surface area contributed by atoms with Gasteiger partial charge in [0.05, 0.1) is 12.7 Å². The van der Waals surface area contributed by atoms with Gasteiger partial charge in [-0.15, -0.1) is 0 Å². The summed E-state index contributed by atoms with van der Waals surface area (Å²) in [7, 11) is 1.54. The van der Waals surface area contributed by atoms with E-state index in [4.69, 9.17) is 14.0 Å². The number of ether oxygens (including phenoxy) is 2. The molecule has 1 N–H and O–H groups in total. The minimum Gasteiger partial charge on any atom is -0.482 e. The predicted molar refractivity (Wildman–Crippen MR) is 66.6 cm³/mol. The van der Waals surface area contributed by atoms with Crippen LogP contribution in [0, 0.1) is 0 Å². The molecule has 0 aliphatic rings. The fourth-order valence-corrected chi connectivity index (χ4v) is 1.36. The number of carbonyl (C=O) groups is 1. The summed E-state index contributed by atoms with van der Waals surface area (Å²) in [5.41, 5.74) is 0. The van der Waals surface area contributed by atoms with Crippen molar-refractivity contribution in [2.75, 3.05) is 13.7 Å². The molecule has 2 aromatic rings. The molecule has 2 rings (SSSR count). The van der Waals surface area contributed by atoms with Crippen molar-refractivity contribution in [3.05, 3.63) is 36.2 Å². The number of hydrogen-bond donors (Lipinski definition) is 1. The van der Waals surface area contributed by atoms with Gasteiger partial charge in [-0.25, -0.2) is 0 Å². The Morgan fingerprint density at radius 2 is 2.40 bits per heavy atom. The minimum atomic E-state index is -0.291. The molecular formula is C12H14N4O4. The first-order valence-corrected chi connectivity index (χ1v) is 5.88. The maximum Gasteiger partial charge on any atom is 0.258 e. The van der Waals surface area contributed by atoms with Gasteiger partial charge in [0, 0.05) is 13.3 Å². The minimum absolute atomic E-state index is 0.106. The fourth-order valence-electron chi connectivity index (χ4n) is 1.36. The van der Waals surface area contributed by atoms with Gasteiger partial charge < -0.3 is 19.3 Å². The van der Waals surface area contributed by atoms with Crippen LogP contribution in [0.5, 0.6) is 5.75 Å². The van der Waals surface area contributed by atoms with Crippen LogP contribution in [0.15, 0.2) is 29.0 Å². The first-order valence-electron chi connectivity index (χ1n) is 5.88. The molecule has 0 unspecified atom stereocenters. The number of amides is 1. The Kier molecular flexibility index (Phi) is 5.01. The summed E-state index contributed by atoms with van der Waals surface area (Å²) in [4.78, 5) is 19.4. The van der Waals surface area contributed by atoms with Crippen LogP contribution < -0.4 is 10.1 Å². The molecule has 0 radical (unpaired) electrons. The van der Waals surface area contributed by atoms with Crippen LogP contribution in [-0.4, -0.2) is 34.7 Å². The van der Waals surface area contributed by atoms with E-state index in [2.05, 4.69) is 20.4 Å². The predicted octanol–water partition coefficient (Wildman–Crippen LogP) is 0.306. The van der Waals surface area contributed by atoms with Crippen LogP contribution in [0.4, 0.5) is 0 Å². The van der Waals surface area contributed by atoms with Crippen molar-refractivity contribution >= 4 is 5.91 Å². The molecule has 0 spiro atoms. The third kappa shape index (κ3) is 4.32. The average molecular weight is 278 g/mol. The van der Waals surface area contributed by atoms with Crippen molar-refractivity contribution in [2.24, 2.45) is 0 Å². The van der Waals surface area contributed by atoms with Crippen LogP contribution in [0.25, 0.3) is 0 Å². The maximum atomic E-state index is 11.6. The van der Waals surface area contributed by atoms with E-state index in [0.29, 0.717) is 17.5 Å². The number of pyridine rings is 1. The number of aromatic nitrogens is 3. The van der Waals surface area contributed by atoms with Crippen LogP contribution in [0.2, 0.25) is 0 Å². The van der Waals surface area contributed by atoms with Crippen molar-refractivity contribution in [1.82, 2.24) is 20.4 Å². The normalized spacial score (nSPS) is 10.2. The van der Waals surface area contributed by atoms with Gasteiger partial charge >= 0.3 is 0 Å². The zero-order valence-electron chi connectivity index (χ0n) is 10.9. The van der Waals surface area contributed by atoms with Crippen LogP contribution in [0.1, 0.15) is 11.7 Å². The molecule has 0 atom stereocenters. The molecule has 2 heterocycles.